The molecule has 1 heterocycles. The van der Waals surface area contributed by atoms with Gasteiger partial charge in [-0.1, -0.05) is 30.3 Å². The average Bonchev–Trinajstić information content (AvgIpc) is 3.02. The number of aryl methyl sites for hydroxylation is 1. The van der Waals surface area contributed by atoms with E-state index >= 15 is 0 Å². The number of thiazole rings is 1. The van der Waals surface area contributed by atoms with Gasteiger partial charge in [-0.25, -0.2) is 9.37 Å². The van der Waals surface area contributed by atoms with Crippen LogP contribution in [-0.2, 0) is 11.3 Å². The molecule has 0 unspecified atom stereocenters. The van der Waals surface area contributed by atoms with Gasteiger partial charge in [0.25, 0.3) is 5.91 Å². The number of hydrogen-bond acceptors (Lipinski definition) is 4. The minimum absolute atomic E-state index is 0.0931. The number of hydrogen-bond donors (Lipinski definition) is 2. The van der Waals surface area contributed by atoms with E-state index in [-0.39, 0.29) is 24.2 Å². The molecule has 27 heavy (non-hydrogen) atoms. The molecule has 0 spiro atoms. The van der Waals surface area contributed by atoms with Crippen molar-refractivity contribution in [3.8, 4) is 10.6 Å². The van der Waals surface area contributed by atoms with E-state index in [1.807, 2.05) is 19.1 Å². The summed E-state index contributed by atoms with van der Waals surface area (Å²) in [5.74, 6) is -0.866. The van der Waals surface area contributed by atoms with Gasteiger partial charge >= 0.3 is 0 Å². The lowest BCUT2D eigenvalue weighted by atomic mass is 10.2. The zero-order valence-electron chi connectivity index (χ0n) is 14.9. The summed E-state index contributed by atoms with van der Waals surface area (Å²) >= 11 is 1.39. The zero-order chi connectivity index (χ0) is 19.4. The molecule has 0 atom stereocenters. The fourth-order valence-electron chi connectivity index (χ4n) is 2.56. The number of rotatable bonds is 5. The predicted octanol–water partition coefficient (Wildman–Crippen LogP) is 4.15. The molecule has 2 amide bonds. The molecule has 0 saturated heterocycles. The molecule has 0 fully saturated rings. The third kappa shape index (κ3) is 4.57. The second-order valence-electron chi connectivity index (χ2n) is 5.96. The first kappa shape index (κ1) is 18.7. The van der Waals surface area contributed by atoms with Crippen molar-refractivity contribution in [3.05, 3.63) is 70.5 Å². The lowest BCUT2D eigenvalue weighted by Gasteiger charge is -2.05. The number of nitrogens with zero attached hydrogens (tertiary/aromatic N) is 1. The van der Waals surface area contributed by atoms with E-state index in [4.69, 9.17) is 0 Å². The highest BCUT2D eigenvalue weighted by Gasteiger charge is 2.17. The average molecular weight is 383 g/mol. The van der Waals surface area contributed by atoms with Crippen LogP contribution in [0.25, 0.3) is 10.6 Å². The van der Waals surface area contributed by atoms with E-state index in [2.05, 4.69) is 15.6 Å². The first-order chi connectivity index (χ1) is 12.9. The van der Waals surface area contributed by atoms with Crippen molar-refractivity contribution in [2.45, 2.75) is 20.4 Å². The maximum absolute atomic E-state index is 13.7. The van der Waals surface area contributed by atoms with Gasteiger partial charge in [-0.2, -0.15) is 0 Å². The van der Waals surface area contributed by atoms with Crippen LogP contribution >= 0.6 is 11.3 Å². The Bertz CT molecular complexity index is 1000. The Morgan fingerprint density at radius 3 is 2.67 bits per heavy atom. The third-order valence-corrected chi connectivity index (χ3v) is 4.86. The summed E-state index contributed by atoms with van der Waals surface area (Å²) in [6.07, 6.45) is 0. The van der Waals surface area contributed by atoms with E-state index in [0.717, 1.165) is 10.4 Å². The van der Waals surface area contributed by atoms with E-state index in [1.165, 1.54) is 24.3 Å². The van der Waals surface area contributed by atoms with Gasteiger partial charge < -0.3 is 10.6 Å². The Kier molecular flexibility index (Phi) is 5.61. The summed E-state index contributed by atoms with van der Waals surface area (Å²) in [7, 11) is 0. The van der Waals surface area contributed by atoms with Gasteiger partial charge in [-0.3, -0.25) is 9.59 Å². The molecule has 7 heteroatoms. The second kappa shape index (κ2) is 8.09. The normalized spacial score (nSPS) is 10.5. The number of halogens is 1. The number of anilines is 1. The predicted molar refractivity (Wildman–Crippen MR) is 104 cm³/mol. The summed E-state index contributed by atoms with van der Waals surface area (Å²) in [5.41, 5.74) is 2.21. The van der Waals surface area contributed by atoms with Crippen molar-refractivity contribution in [2.75, 3.05) is 5.32 Å². The molecule has 2 aromatic carbocycles. The molecular weight excluding hydrogens is 365 g/mol. The minimum atomic E-state index is -0.358. The molecule has 0 bridgehead atoms. The van der Waals surface area contributed by atoms with Gasteiger partial charge in [0.05, 0.1) is 0 Å². The lowest BCUT2D eigenvalue weighted by molar-refractivity contribution is -0.114. The Labute approximate surface area is 160 Å². The molecular formula is C20H18FN3O2S. The van der Waals surface area contributed by atoms with Crippen molar-refractivity contribution in [1.29, 1.82) is 0 Å². The summed E-state index contributed by atoms with van der Waals surface area (Å²) in [6, 6.07) is 13.6. The number of benzene rings is 2. The van der Waals surface area contributed by atoms with Crippen molar-refractivity contribution < 1.29 is 14.0 Å². The Morgan fingerprint density at radius 1 is 1.15 bits per heavy atom. The van der Waals surface area contributed by atoms with Crippen LogP contribution in [0, 0.1) is 12.7 Å². The van der Waals surface area contributed by atoms with Crippen LogP contribution in [0.5, 0.6) is 0 Å². The van der Waals surface area contributed by atoms with Crippen LogP contribution in [0.15, 0.2) is 48.5 Å². The van der Waals surface area contributed by atoms with Crippen LogP contribution in [0.4, 0.5) is 10.1 Å². The monoisotopic (exact) mass is 383 g/mol. The molecule has 0 aliphatic heterocycles. The maximum Gasteiger partial charge on any atom is 0.271 e. The van der Waals surface area contributed by atoms with Gasteiger partial charge in [0, 0.05) is 35.2 Å². The summed E-state index contributed by atoms with van der Waals surface area (Å²) in [4.78, 5) is 28.9. The Hall–Kier alpha value is -3.06. The maximum atomic E-state index is 13.7. The number of carbonyl (C=O) groups excluding carboxylic acids is 2. The van der Waals surface area contributed by atoms with Gasteiger partial charge in [0.2, 0.25) is 5.91 Å². The molecule has 5 nitrogen and oxygen atoms in total. The van der Waals surface area contributed by atoms with E-state index in [9.17, 15) is 14.0 Å². The molecule has 1 aromatic heterocycles. The third-order valence-electron chi connectivity index (χ3n) is 3.84. The number of carbonyl (C=O) groups is 2. The topological polar surface area (TPSA) is 71.1 Å². The van der Waals surface area contributed by atoms with Crippen LogP contribution in [-0.4, -0.2) is 16.8 Å². The highest BCUT2D eigenvalue weighted by molar-refractivity contribution is 7.15. The van der Waals surface area contributed by atoms with Crippen LogP contribution < -0.4 is 10.6 Å². The van der Waals surface area contributed by atoms with Gasteiger partial charge in [0.1, 0.15) is 16.5 Å². The quantitative estimate of drug-likeness (QED) is 0.695. The van der Waals surface area contributed by atoms with E-state index in [0.29, 0.717) is 22.0 Å². The number of nitrogens with one attached hydrogen (secondary N) is 2. The largest absolute Gasteiger partial charge is 0.346 e. The first-order valence-electron chi connectivity index (χ1n) is 8.31. The number of aromatic nitrogens is 1. The van der Waals surface area contributed by atoms with Gasteiger partial charge in [-0.05, 0) is 25.1 Å². The van der Waals surface area contributed by atoms with Gasteiger partial charge in [-0.15, -0.1) is 11.3 Å². The summed E-state index contributed by atoms with van der Waals surface area (Å²) in [5, 5.41) is 6.11. The Balaban J connectivity index is 1.77. The SMILES string of the molecule is CC(=O)Nc1cccc(-c2nc(C(=O)NCc3ccccc3F)c(C)s2)c1. The molecule has 0 aliphatic rings. The fraction of sp³-hybridized carbons (Fsp3) is 0.150. The van der Waals surface area contributed by atoms with Crippen molar-refractivity contribution in [3.63, 3.8) is 0 Å². The standard InChI is InChI=1S/C20H18FN3O2S/c1-12-18(19(26)22-11-15-6-3-4-9-17(15)21)24-20(27-12)14-7-5-8-16(10-14)23-13(2)25/h3-10H,11H2,1-2H3,(H,22,26)(H,23,25). The molecule has 0 radical (unpaired) electrons. The smallest absolute Gasteiger partial charge is 0.271 e. The highest BCUT2D eigenvalue weighted by atomic mass is 32.1. The van der Waals surface area contributed by atoms with Crippen LogP contribution in [0.1, 0.15) is 27.9 Å². The molecule has 2 N–H and O–H groups in total. The van der Waals surface area contributed by atoms with Crippen LogP contribution in [0.2, 0.25) is 0 Å². The first-order valence-corrected chi connectivity index (χ1v) is 9.13. The van der Waals surface area contributed by atoms with Gasteiger partial charge in [0.15, 0.2) is 0 Å². The number of amides is 2. The van der Waals surface area contributed by atoms with Crippen LogP contribution in [0.3, 0.4) is 0 Å². The lowest BCUT2D eigenvalue weighted by Crippen LogP contribution is -2.24. The Morgan fingerprint density at radius 2 is 1.93 bits per heavy atom. The second-order valence-corrected chi connectivity index (χ2v) is 7.16. The summed E-state index contributed by atoms with van der Waals surface area (Å²) in [6.45, 7) is 3.35. The molecule has 138 valence electrons. The van der Waals surface area contributed by atoms with Crippen molar-refractivity contribution in [2.24, 2.45) is 0 Å². The minimum Gasteiger partial charge on any atom is -0.346 e. The van der Waals surface area contributed by atoms with Crippen molar-refractivity contribution >= 4 is 28.8 Å². The highest BCUT2D eigenvalue weighted by Crippen LogP contribution is 2.29. The molecule has 3 aromatic rings. The summed E-state index contributed by atoms with van der Waals surface area (Å²) < 4.78 is 13.7. The molecule has 3 rings (SSSR count). The van der Waals surface area contributed by atoms with E-state index < -0.39 is 0 Å². The van der Waals surface area contributed by atoms with Crippen molar-refractivity contribution in [1.82, 2.24) is 10.3 Å². The van der Waals surface area contributed by atoms with E-state index in [1.54, 1.807) is 30.3 Å². The molecule has 0 aliphatic carbocycles. The molecule has 0 saturated carbocycles. The fourth-order valence-corrected chi connectivity index (χ4v) is 3.47. The zero-order valence-corrected chi connectivity index (χ0v) is 15.7.